The lowest BCUT2D eigenvalue weighted by Gasteiger charge is -2.19. The number of hydrogen-bond donors (Lipinski definition) is 1. The second-order valence-electron chi connectivity index (χ2n) is 4.46. The van der Waals surface area contributed by atoms with E-state index in [0.29, 0.717) is 30.1 Å². The van der Waals surface area contributed by atoms with E-state index in [1.165, 1.54) is 13.8 Å². The molecule has 2 rings (SSSR count). The summed E-state index contributed by atoms with van der Waals surface area (Å²) in [5.41, 5.74) is -0.0312. The summed E-state index contributed by atoms with van der Waals surface area (Å²) in [6.45, 7) is 3.54. The molecule has 1 aromatic carbocycles. The van der Waals surface area contributed by atoms with Gasteiger partial charge in [-0.15, -0.1) is 0 Å². The fourth-order valence-electron chi connectivity index (χ4n) is 1.91. The summed E-state index contributed by atoms with van der Waals surface area (Å²) in [4.78, 5) is 4.54. The van der Waals surface area contributed by atoms with Gasteiger partial charge in [-0.2, -0.15) is 0 Å². The highest BCUT2D eigenvalue weighted by molar-refractivity contribution is 5.50. The third-order valence-corrected chi connectivity index (χ3v) is 2.73. The first-order chi connectivity index (χ1) is 8.02. The molecule has 5 heteroatoms. The maximum Gasteiger partial charge on any atom is 0.231 e. The Morgan fingerprint density at radius 1 is 1.35 bits per heavy atom. The number of nitrogens with two attached hydrogens (primary N) is 1. The predicted molar refractivity (Wildman–Crippen MR) is 60.5 cm³/mol. The topological polar surface area (TPSA) is 53.7 Å². The van der Waals surface area contributed by atoms with Crippen LogP contribution < -0.4 is 15.4 Å². The Kier molecular flexibility index (Phi) is 3.22. The summed E-state index contributed by atoms with van der Waals surface area (Å²) in [6.07, 6.45) is 0.538. The van der Waals surface area contributed by atoms with Gasteiger partial charge in [-0.1, -0.05) is 0 Å². The quantitative estimate of drug-likeness (QED) is 0.820. The zero-order valence-corrected chi connectivity index (χ0v) is 9.96. The van der Waals surface area contributed by atoms with Gasteiger partial charge in [0.2, 0.25) is 6.79 Å². The van der Waals surface area contributed by atoms with E-state index in [9.17, 15) is 4.39 Å². The summed E-state index contributed by atoms with van der Waals surface area (Å²) in [7, 11) is 0. The smallest absolute Gasteiger partial charge is 0.231 e. The van der Waals surface area contributed by atoms with Gasteiger partial charge in [0.15, 0.2) is 11.5 Å². The Morgan fingerprint density at radius 2 is 2.00 bits per heavy atom. The van der Waals surface area contributed by atoms with Crippen molar-refractivity contribution in [2.75, 3.05) is 13.4 Å². The van der Waals surface area contributed by atoms with Crippen LogP contribution in [0.1, 0.15) is 25.0 Å². The van der Waals surface area contributed by atoms with Crippen LogP contribution in [-0.4, -0.2) is 13.4 Å². The van der Waals surface area contributed by atoms with Gasteiger partial charge in [0.1, 0.15) is 5.67 Å². The molecule has 0 amide bonds. The minimum absolute atomic E-state index is 0.179. The van der Waals surface area contributed by atoms with Crippen molar-refractivity contribution in [3.8, 4) is 11.5 Å². The SMILES string of the molecule is CC(C)(F)c1cc2c(cc1CCON)OCO2. The van der Waals surface area contributed by atoms with Crippen LogP contribution in [0.3, 0.4) is 0 Å². The third-order valence-electron chi connectivity index (χ3n) is 2.73. The maximum absolute atomic E-state index is 14.1. The first-order valence-electron chi connectivity index (χ1n) is 5.46. The van der Waals surface area contributed by atoms with Crippen molar-refractivity contribution in [3.63, 3.8) is 0 Å². The van der Waals surface area contributed by atoms with E-state index in [1.54, 1.807) is 12.1 Å². The molecule has 0 atom stereocenters. The molecule has 1 heterocycles. The highest BCUT2D eigenvalue weighted by Gasteiger charge is 2.26. The van der Waals surface area contributed by atoms with Crippen LogP contribution in [0, 0.1) is 0 Å². The standard InChI is InChI=1S/C12H16FNO3/c1-12(2,13)9-6-11-10(15-7-16-11)5-8(9)3-4-17-14/h5-6H,3-4,7,14H2,1-2H3. The Morgan fingerprint density at radius 3 is 2.59 bits per heavy atom. The Hall–Kier alpha value is -1.33. The summed E-state index contributed by atoms with van der Waals surface area (Å²) >= 11 is 0. The average molecular weight is 241 g/mol. The lowest BCUT2D eigenvalue weighted by atomic mass is 9.92. The van der Waals surface area contributed by atoms with Crippen LogP contribution in [0.2, 0.25) is 0 Å². The van der Waals surface area contributed by atoms with Gasteiger partial charge in [-0.25, -0.2) is 10.3 Å². The lowest BCUT2D eigenvalue weighted by Crippen LogP contribution is -2.14. The molecule has 0 radical (unpaired) electrons. The molecule has 0 bridgehead atoms. The minimum Gasteiger partial charge on any atom is -0.454 e. The first-order valence-corrected chi connectivity index (χ1v) is 5.46. The van der Waals surface area contributed by atoms with E-state index in [2.05, 4.69) is 4.84 Å². The zero-order chi connectivity index (χ0) is 12.5. The highest BCUT2D eigenvalue weighted by Crippen LogP contribution is 2.39. The molecule has 0 aromatic heterocycles. The monoisotopic (exact) mass is 241 g/mol. The molecule has 0 saturated carbocycles. The number of hydrogen-bond acceptors (Lipinski definition) is 4. The normalized spacial score (nSPS) is 14.1. The minimum atomic E-state index is -1.44. The van der Waals surface area contributed by atoms with Crippen molar-refractivity contribution in [1.29, 1.82) is 0 Å². The molecule has 2 N–H and O–H groups in total. The van der Waals surface area contributed by atoms with E-state index < -0.39 is 5.67 Å². The number of alkyl halides is 1. The van der Waals surface area contributed by atoms with Gasteiger partial charge in [-0.3, -0.25) is 0 Å². The van der Waals surface area contributed by atoms with Crippen molar-refractivity contribution in [2.45, 2.75) is 25.9 Å². The molecular weight excluding hydrogens is 225 g/mol. The molecule has 0 saturated heterocycles. The largest absolute Gasteiger partial charge is 0.454 e. The van der Waals surface area contributed by atoms with Crippen LogP contribution in [0.5, 0.6) is 11.5 Å². The van der Waals surface area contributed by atoms with Gasteiger partial charge in [0, 0.05) is 0 Å². The van der Waals surface area contributed by atoms with Crippen molar-refractivity contribution < 1.29 is 18.7 Å². The summed E-state index contributed by atoms with van der Waals surface area (Å²) < 4.78 is 24.6. The number of halogens is 1. The fourth-order valence-corrected chi connectivity index (χ4v) is 1.91. The Labute approximate surface area is 99.4 Å². The number of fused-ring (bicyclic) bond motifs is 1. The van der Waals surface area contributed by atoms with Crippen molar-refractivity contribution in [2.24, 2.45) is 5.90 Å². The van der Waals surface area contributed by atoms with E-state index in [1.807, 2.05) is 0 Å². The molecule has 0 fully saturated rings. The molecule has 0 spiro atoms. The maximum atomic E-state index is 14.1. The average Bonchev–Trinajstić information content (AvgIpc) is 2.70. The lowest BCUT2D eigenvalue weighted by molar-refractivity contribution is 0.140. The van der Waals surface area contributed by atoms with Crippen LogP contribution in [0.4, 0.5) is 4.39 Å². The van der Waals surface area contributed by atoms with Crippen molar-refractivity contribution >= 4 is 0 Å². The number of ether oxygens (including phenoxy) is 2. The number of benzene rings is 1. The second kappa shape index (κ2) is 4.50. The Balaban J connectivity index is 2.40. The molecule has 94 valence electrons. The molecule has 0 unspecified atom stereocenters. The van der Waals surface area contributed by atoms with Gasteiger partial charge in [-0.05, 0) is 43.5 Å². The van der Waals surface area contributed by atoms with Gasteiger partial charge >= 0.3 is 0 Å². The molecule has 1 aromatic rings. The van der Waals surface area contributed by atoms with Gasteiger partial charge in [0.05, 0.1) is 6.61 Å². The first kappa shape index (κ1) is 12.1. The van der Waals surface area contributed by atoms with Crippen LogP contribution >= 0.6 is 0 Å². The van der Waals surface area contributed by atoms with Crippen LogP contribution in [0.25, 0.3) is 0 Å². The molecule has 1 aliphatic rings. The van der Waals surface area contributed by atoms with Crippen LogP contribution in [0.15, 0.2) is 12.1 Å². The van der Waals surface area contributed by atoms with Crippen LogP contribution in [-0.2, 0) is 16.9 Å². The van der Waals surface area contributed by atoms with Crippen molar-refractivity contribution in [3.05, 3.63) is 23.3 Å². The predicted octanol–water partition coefficient (Wildman–Crippen LogP) is 2.05. The molecule has 0 aliphatic carbocycles. The third kappa shape index (κ3) is 2.50. The van der Waals surface area contributed by atoms with E-state index in [-0.39, 0.29) is 6.79 Å². The van der Waals surface area contributed by atoms with Gasteiger partial charge in [0.25, 0.3) is 0 Å². The number of rotatable bonds is 4. The second-order valence-corrected chi connectivity index (χ2v) is 4.46. The fraction of sp³-hybridized carbons (Fsp3) is 0.500. The van der Waals surface area contributed by atoms with E-state index >= 15 is 0 Å². The Bertz CT molecular complexity index is 415. The molecule has 17 heavy (non-hydrogen) atoms. The van der Waals surface area contributed by atoms with Gasteiger partial charge < -0.3 is 14.3 Å². The van der Waals surface area contributed by atoms with E-state index in [4.69, 9.17) is 15.4 Å². The van der Waals surface area contributed by atoms with Crippen molar-refractivity contribution in [1.82, 2.24) is 0 Å². The molecule has 1 aliphatic heterocycles. The summed E-state index contributed by atoms with van der Waals surface area (Å²) in [5, 5.41) is 0. The van der Waals surface area contributed by atoms with E-state index in [0.717, 1.165) is 5.56 Å². The zero-order valence-electron chi connectivity index (χ0n) is 9.96. The summed E-state index contributed by atoms with van der Waals surface area (Å²) in [6, 6.07) is 3.48. The highest BCUT2D eigenvalue weighted by atomic mass is 19.1. The molecular formula is C12H16FNO3. The molecule has 4 nitrogen and oxygen atoms in total. The summed E-state index contributed by atoms with van der Waals surface area (Å²) in [5.74, 6) is 6.23.